The summed E-state index contributed by atoms with van der Waals surface area (Å²) in [6, 6.07) is 17.2. The molecule has 5 aromatic rings. The summed E-state index contributed by atoms with van der Waals surface area (Å²) < 4.78 is 10.9. The topological polar surface area (TPSA) is 93.9 Å². The first-order valence-corrected chi connectivity index (χ1v) is 11.2. The highest BCUT2D eigenvalue weighted by atomic mass is 32.2. The van der Waals surface area contributed by atoms with Crippen molar-refractivity contribution in [3.05, 3.63) is 76.2 Å². The fraction of sp³-hybridized carbons (Fsp3) is 0.0909. The molecule has 3 aromatic heterocycles. The maximum atomic E-state index is 12.7. The van der Waals surface area contributed by atoms with Crippen molar-refractivity contribution in [1.82, 2.24) is 20.2 Å². The van der Waals surface area contributed by atoms with Crippen LogP contribution in [0.3, 0.4) is 0 Å². The second-order valence-corrected chi connectivity index (χ2v) is 8.38. The molecule has 1 N–H and O–H groups in total. The zero-order valence-corrected chi connectivity index (χ0v) is 18.0. The SMILES string of the molecule is COc1ccc(-c2nnc(SCc3nc4scc(-c5ccccc5)c4c(=O)[nH]3)o2)cc1. The first-order valence-electron chi connectivity index (χ1n) is 9.38. The van der Waals surface area contributed by atoms with Crippen molar-refractivity contribution in [1.29, 1.82) is 0 Å². The summed E-state index contributed by atoms with van der Waals surface area (Å²) in [5.41, 5.74) is 2.56. The molecule has 5 rings (SSSR count). The number of nitrogens with one attached hydrogen (secondary N) is 1. The van der Waals surface area contributed by atoms with Gasteiger partial charge in [0.15, 0.2) is 0 Å². The van der Waals surface area contributed by atoms with Crippen molar-refractivity contribution in [3.63, 3.8) is 0 Å². The maximum Gasteiger partial charge on any atom is 0.277 e. The number of methoxy groups -OCH3 is 1. The van der Waals surface area contributed by atoms with Gasteiger partial charge in [-0.25, -0.2) is 4.98 Å². The summed E-state index contributed by atoms with van der Waals surface area (Å²) in [6.07, 6.45) is 0. The lowest BCUT2D eigenvalue weighted by molar-refractivity contribution is 0.414. The molecule has 0 aliphatic rings. The van der Waals surface area contributed by atoms with Crippen LogP contribution in [0.4, 0.5) is 0 Å². The number of aromatic nitrogens is 4. The van der Waals surface area contributed by atoms with Gasteiger partial charge in [-0.3, -0.25) is 4.79 Å². The van der Waals surface area contributed by atoms with E-state index in [-0.39, 0.29) is 5.56 Å². The molecule has 0 radical (unpaired) electrons. The Morgan fingerprint density at radius 2 is 1.87 bits per heavy atom. The lowest BCUT2D eigenvalue weighted by Gasteiger charge is -2.01. The number of thioether (sulfide) groups is 1. The van der Waals surface area contributed by atoms with Crippen molar-refractivity contribution in [3.8, 4) is 28.3 Å². The normalized spacial score (nSPS) is 11.1. The molecule has 7 nitrogen and oxygen atoms in total. The van der Waals surface area contributed by atoms with Crippen LogP contribution in [0.1, 0.15) is 5.82 Å². The first-order chi connectivity index (χ1) is 15.2. The summed E-state index contributed by atoms with van der Waals surface area (Å²) in [5, 5.41) is 11.2. The molecule has 0 aliphatic heterocycles. The molecule has 0 aliphatic carbocycles. The summed E-state index contributed by atoms with van der Waals surface area (Å²) in [4.78, 5) is 21.0. The summed E-state index contributed by atoms with van der Waals surface area (Å²) in [7, 11) is 1.62. The lowest BCUT2D eigenvalue weighted by Crippen LogP contribution is -2.10. The van der Waals surface area contributed by atoms with E-state index in [1.807, 2.05) is 60.0 Å². The van der Waals surface area contributed by atoms with Gasteiger partial charge in [0.05, 0.1) is 18.2 Å². The minimum Gasteiger partial charge on any atom is -0.497 e. The van der Waals surface area contributed by atoms with Gasteiger partial charge in [-0.05, 0) is 29.8 Å². The Morgan fingerprint density at radius 3 is 2.65 bits per heavy atom. The third kappa shape index (κ3) is 3.97. The predicted molar refractivity (Wildman–Crippen MR) is 122 cm³/mol. The number of thiophene rings is 1. The summed E-state index contributed by atoms with van der Waals surface area (Å²) >= 11 is 2.79. The molecule has 31 heavy (non-hydrogen) atoms. The van der Waals surface area contributed by atoms with E-state index in [9.17, 15) is 4.79 Å². The molecular weight excluding hydrogens is 432 g/mol. The molecule has 3 heterocycles. The first kappa shape index (κ1) is 19.5. The van der Waals surface area contributed by atoms with Gasteiger partial charge in [-0.2, -0.15) is 0 Å². The van der Waals surface area contributed by atoms with E-state index in [1.165, 1.54) is 23.1 Å². The number of fused-ring (bicyclic) bond motifs is 1. The minimum absolute atomic E-state index is 0.148. The van der Waals surface area contributed by atoms with Gasteiger partial charge in [0, 0.05) is 16.5 Å². The molecule has 0 saturated heterocycles. The molecule has 0 fully saturated rings. The van der Waals surface area contributed by atoms with Crippen molar-refractivity contribution < 1.29 is 9.15 Å². The van der Waals surface area contributed by atoms with Crippen LogP contribution in [-0.4, -0.2) is 27.3 Å². The number of hydrogen-bond acceptors (Lipinski definition) is 8. The Morgan fingerprint density at radius 1 is 1.06 bits per heavy atom. The number of rotatable bonds is 6. The number of nitrogens with zero attached hydrogens (tertiary/aromatic N) is 3. The highest BCUT2D eigenvalue weighted by Crippen LogP contribution is 2.31. The zero-order valence-electron chi connectivity index (χ0n) is 16.4. The molecule has 0 atom stereocenters. The Labute approximate surface area is 185 Å². The van der Waals surface area contributed by atoms with Gasteiger partial charge in [-0.15, -0.1) is 21.5 Å². The van der Waals surface area contributed by atoms with Crippen LogP contribution in [0.25, 0.3) is 32.8 Å². The average Bonchev–Trinajstić information content (AvgIpc) is 3.46. The fourth-order valence-electron chi connectivity index (χ4n) is 3.14. The Hall–Kier alpha value is -3.43. The van der Waals surface area contributed by atoms with Crippen LogP contribution in [0.5, 0.6) is 5.75 Å². The second kappa shape index (κ2) is 8.37. The van der Waals surface area contributed by atoms with Gasteiger partial charge in [0.2, 0.25) is 5.89 Å². The van der Waals surface area contributed by atoms with Crippen molar-refractivity contribution in [2.75, 3.05) is 7.11 Å². The summed E-state index contributed by atoms with van der Waals surface area (Å²) in [5.74, 6) is 2.15. The van der Waals surface area contributed by atoms with E-state index in [0.29, 0.717) is 32.9 Å². The van der Waals surface area contributed by atoms with E-state index in [1.54, 1.807) is 7.11 Å². The van der Waals surface area contributed by atoms with Gasteiger partial charge >= 0.3 is 0 Å². The number of benzene rings is 2. The number of aromatic amines is 1. The number of ether oxygens (including phenoxy) is 1. The Bertz CT molecular complexity index is 1390. The average molecular weight is 449 g/mol. The Balaban J connectivity index is 1.35. The minimum atomic E-state index is -0.148. The monoisotopic (exact) mass is 448 g/mol. The van der Waals surface area contributed by atoms with Crippen LogP contribution in [0.2, 0.25) is 0 Å². The quantitative estimate of drug-likeness (QED) is 0.365. The van der Waals surface area contributed by atoms with Gasteiger partial charge < -0.3 is 14.1 Å². The third-order valence-corrected chi connectivity index (χ3v) is 6.36. The highest BCUT2D eigenvalue weighted by Gasteiger charge is 2.14. The van der Waals surface area contributed by atoms with Crippen LogP contribution in [0, 0.1) is 0 Å². The van der Waals surface area contributed by atoms with Crippen LogP contribution in [0.15, 0.2) is 74.4 Å². The molecule has 0 unspecified atom stereocenters. The van der Waals surface area contributed by atoms with Crippen molar-refractivity contribution in [2.24, 2.45) is 0 Å². The molecule has 2 aromatic carbocycles. The standard InChI is InChI=1S/C22H16N4O3S2/c1-28-15-9-7-14(8-10-15)20-25-26-22(29-20)31-12-17-23-19(27)18-16(11-30-21(18)24-17)13-5-3-2-4-6-13/h2-11H,12H2,1H3,(H,23,24,27). The summed E-state index contributed by atoms with van der Waals surface area (Å²) in [6.45, 7) is 0. The van der Waals surface area contributed by atoms with Crippen molar-refractivity contribution >= 4 is 33.3 Å². The highest BCUT2D eigenvalue weighted by molar-refractivity contribution is 7.98. The van der Waals surface area contributed by atoms with Crippen LogP contribution in [-0.2, 0) is 5.75 Å². The number of H-pyrrole nitrogens is 1. The largest absolute Gasteiger partial charge is 0.497 e. The van der Waals surface area contributed by atoms with Crippen molar-refractivity contribution in [2.45, 2.75) is 11.0 Å². The smallest absolute Gasteiger partial charge is 0.277 e. The van der Waals surface area contributed by atoms with E-state index in [2.05, 4.69) is 20.2 Å². The maximum absolute atomic E-state index is 12.7. The Kier molecular flexibility index (Phi) is 5.27. The van der Waals surface area contributed by atoms with E-state index >= 15 is 0 Å². The number of hydrogen-bond donors (Lipinski definition) is 1. The molecule has 0 bridgehead atoms. The van der Waals surface area contributed by atoms with E-state index in [0.717, 1.165) is 22.4 Å². The second-order valence-electron chi connectivity index (χ2n) is 6.60. The molecular formula is C22H16N4O3S2. The predicted octanol–water partition coefficient (Wildman–Crippen LogP) is 5.00. The molecule has 154 valence electrons. The van der Waals surface area contributed by atoms with Gasteiger partial charge in [0.1, 0.15) is 16.4 Å². The van der Waals surface area contributed by atoms with E-state index in [4.69, 9.17) is 9.15 Å². The van der Waals surface area contributed by atoms with Gasteiger partial charge in [-0.1, -0.05) is 42.1 Å². The molecule has 9 heteroatoms. The van der Waals surface area contributed by atoms with E-state index < -0.39 is 0 Å². The van der Waals surface area contributed by atoms with Gasteiger partial charge in [0.25, 0.3) is 10.8 Å². The fourth-order valence-corrected chi connectivity index (χ4v) is 4.74. The lowest BCUT2D eigenvalue weighted by atomic mass is 10.1. The third-order valence-electron chi connectivity index (χ3n) is 4.65. The molecule has 0 spiro atoms. The van der Waals surface area contributed by atoms with Crippen LogP contribution < -0.4 is 10.3 Å². The van der Waals surface area contributed by atoms with Crippen LogP contribution >= 0.6 is 23.1 Å². The molecule has 0 amide bonds. The molecule has 0 saturated carbocycles. The zero-order chi connectivity index (χ0) is 21.2.